The summed E-state index contributed by atoms with van der Waals surface area (Å²) in [5.41, 5.74) is 1.72. The van der Waals surface area contributed by atoms with Crippen molar-refractivity contribution in [1.82, 2.24) is 9.66 Å². The van der Waals surface area contributed by atoms with E-state index in [0.717, 1.165) is 5.56 Å². The molecule has 0 spiro atoms. The highest BCUT2D eigenvalue weighted by Gasteiger charge is 2.19. The van der Waals surface area contributed by atoms with Gasteiger partial charge in [-0.15, -0.1) is 0 Å². The Morgan fingerprint density at radius 3 is 2.27 bits per heavy atom. The molecule has 0 radical (unpaired) electrons. The van der Waals surface area contributed by atoms with E-state index in [2.05, 4.69) is 37.0 Å². The summed E-state index contributed by atoms with van der Waals surface area (Å²) in [7, 11) is 4.50. The summed E-state index contributed by atoms with van der Waals surface area (Å²) in [6, 6.07) is 20.8. The smallest absolute Gasteiger partial charge is 0.336 e. The number of hydrogen-bond donors (Lipinski definition) is 0. The molecule has 0 atom stereocenters. The number of para-hydroxylation sites is 1. The summed E-state index contributed by atoms with van der Waals surface area (Å²) in [6.45, 7) is 0. The van der Waals surface area contributed by atoms with Crippen LogP contribution in [0.3, 0.4) is 0 Å². The number of fused-ring (bicyclic) bond motifs is 1. The Morgan fingerprint density at radius 1 is 0.911 bits per heavy atom. The summed E-state index contributed by atoms with van der Waals surface area (Å²) in [5.74, 6) is 0.933. The number of ether oxygens (including phenoxy) is 4. The number of esters is 1. The van der Waals surface area contributed by atoms with Crippen LogP contribution in [-0.2, 0) is 4.79 Å². The van der Waals surface area contributed by atoms with Crippen molar-refractivity contribution in [3.05, 3.63) is 114 Å². The minimum atomic E-state index is -0.620. The van der Waals surface area contributed by atoms with E-state index in [1.165, 1.54) is 38.3 Å². The van der Waals surface area contributed by atoms with E-state index in [1.807, 2.05) is 0 Å². The van der Waals surface area contributed by atoms with Crippen LogP contribution < -0.4 is 24.5 Å². The lowest BCUT2D eigenvalue weighted by Gasteiger charge is -2.15. The fraction of sp³-hybridized carbons (Fsp3) is 0.0909. The van der Waals surface area contributed by atoms with Gasteiger partial charge in [0.2, 0.25) is 5.75 Å². The molecule has 1 aromatic heterocycles. The number of nitrogens with zero attached hydrogens (tertiary/aromatic N) is 3. The Balaban J connectivity index is 1.60. The molecule has 9 nitrogen and oxygen atoms in total. The van der Waals surface area contributed by atoms with Crippen LogP contribution in [0.15, 0.2) is 97.7 Å². The molecule has 0 amide bonds. The molecule has 5 aromatic rings. The van der Waals surface area contributed by atoms with E-state index in [4.69, 9.17) is 35.5 Å². The van der Waals surface area contributed by atoms with Gasteiger partial charge in [0.05, 0.1) is 42.9 Å². The molecule has 0 N–H and O–H groups in total. The van der Waals surface area contributed by atoms with Crippen LogP contribution in [0.4, 0.5) is 0 Å². The van der Waals surface area contributed by atoms with E-state index in [1.54, 1.807) is 78.9 Å². The van der Waals surface area contributed by atoms with Gasteiger partial charge in [0.15, 0.2) is 23.1 Å². The zero-order chi connectivity index (χ0) is 32.1. The van der Waals surface area contributed by atoms with Gasteiger partial charge in [-0.05, 0) is 76.1 Å². The molecule has 0 aliphatic heterocycles. The van der Waals surface area contributed by atoms with Crippen LogP contribution in [0.5, 0.6) is 23.0 Å². The molecule has 0 bridgehead atoms. The second-order valence-electron chi connectivity index (χ2n) is 9.34. The van der Waals surface area contributed by atoms with E-state index in [-0.39, 0.29) is 11.6 Å². The molecular weight excluding hydrogens is 730 g/mol. The zero-order valence-electron chi connectivity index (χ0n) is 24.1. The van der Waals surface area contributed by atoms with Gasteiger partial charge in [-0.2, -0.15) is 9.78 Å². The van der Waals surface area contributed by atoms with Crippen LogP contribution in [0.2, 0.25) is 5.02 Å². The molecule has 0 saturated heterocycles. The second-order valence-corrected chi connectivity index (χ2v) is 11.5. The summed E-state index contributed by atoms with van der Waals surface area (Å²) in [4.78, 5) is 31.4. The highest BCUT2D eigenvalue weighted by Crippen LogP contribution is 2.41. The minimum Gasteiger partial charge on any atom is -0.493 e. The number of benzene rings is 4. The Morgan fingerprint density at radius 2 is 1.60 bits per heavy atom. The van der Waals surface area contributed by atoms with Crippen molar-refractivity contribution in [3.8, 4) is 34.4 Å². The third-order valence-electron chi connectivity index (χ3n) is 6.51. The quantitative estimate of drug-likeness (QED) is 0.0657. The molecule has 45 heavy (non-hydrogen) atoms. The van der Waals surface area contributed by atoms with Crippen molar-refractivity contribution in [2.24, 2.45) is 5.10 Å². The van der Waals surface area contributed by atoms with Gasteiger partial charge in [0, 0.05) is 26.7 Å². The van der Waals surface area contributed by atoms with Gasteiger partial charge < -0.3 is 18.9 Å². The van der Waals surface area contributed by atoms with Gasteiger partial charge in [-0.3, -0.25) is 4.79 Å². The molecule has 0 unspecified atom stereocenters. The van der Waals surface area contributed by atoms with Crippen molar-refractivity contribution in [2.75, 3.05) is 21.3 Å². The monoisotopic (exact) mass is 751 g/mol. The van der Waals surface area contributed by atoms with E-state index < -0.39 is 11.5 Å². The van der Waals surface area contributed by atoms with Gasteiger partial charge in [0.25, 0.3) is 5.56 Å². The minimum absolute atomic E-state index is 0.198. The Labute approximate surface area is 279 Å². The van der Waals surface area contributed by atoms with Gasteiger partial charge >= 0.3 is 5.97 Å². The molecule has 0 aliphatic rings. The zero-order valence-corrected chi connectivity index (χ0v) is 28.0. The lowest BCUT2D eigenvalue weighted by Crippen LogP contribution is -2.20. The van der Waals surface area contributed by atoms with Gasteiger partial charge in [0.1, 0.15) is 0 Å². The topological polar surface area (TPSA) is 101 Å². The first-order chi connectivity index (χ1) is 21.7. The van der Waals surface area contributed by atoms with Gasteiger partial charge in [-0.1, -0.05) is 51.8 Å². The summed E-state index contributed by atoms with van der Waals surface area (Å²) >= 11 is 12.9. The fourth-order valence-electron chi connectivity index (χ4n) is 4.40. The first kappa shape index (κ1) is 32.0. The van der Waals surface area contributed by atoms with Crippen LogP contribution in [0, 0.1) is 0 Å². The van der Waals surface area contributed by atoms with Crippen LogP contribution in [0.25, 0.3) is 28.4 Å². The number of rotatable bonds is 9. The maximum absolute atomic E-state index is 13.8. The third-order valence-corrected chi connectivity index (χ3v) is 7.81. The number of carbonyl (C=O) groups is 1. The van der Waals surface area contributed by atoms with Crippen molar-refractivity contribution >= 4 is 72.6 Å². The second kappa shape index (κ2) is 14.1. The molecule has 0 aliphatic carbocycles. The van der Waals surface area contributed by atoms with Crippen molar-refractivity contribution in [3.63, 3.8) is 0 Å². The van der Waals surface area contributed by atoms with Gasteiger partial charge in [-0.25, -0.2) is 9.78 Å². The molecule has 228 valence electrons. The molecule has 12 heteroatoms. The highest BCUT2D eigenvalue weighted by atomic mass is 79.9. The lowest BCUT2D eigenvalue weighted by atomic mass is 10.1. The Hall–Kier alpha value is -4.45. The first-order valence-electron chi connectivity index (χ1n) is 13.2. The summed E-state index contributed by atoms with van der Waals surface area (Å²) in [5, 5.41) is 5.50. The Bertz CT molecular complexity index is 2000. The normalized spacial score (nSPS) is 11.3. The third kappa shape index (κ3) is 7.11. The number of halogens is 3. The summed E-state index contributed by atoms with van der Waals surface area (Å²) in [6.07, 6.45) is 4.34. The molecule has 0 saturated carbocycles. The number of aromatic nitrogens is 2. The Kier molecular flexibility index (Phi) is 10.0. The van der Waals surface area contributed by atoms with Crippen molar-refractivity contribution in [2.45, 2.75) is 0 Å². The molecule has 4 aromatic carbocycles. The standard InChI is InChI=1S/C33H24Br2ClN3O6/c1-42-27-15-20(16-28(43-2)31(27)44-3)32-38-26-7-5-4-6-24(26)33(41)39(32)37-18-21-14-22(34)17-25(35)30(21)45-29(40)13-10-19-8-11-23(36)12-9-19/h4-18H,1-3H3/b13-10+,37-18?. The number of methoxy groups -OCH3 is 3. The first-order valence-corrected chi connectivity index (χ1v) is 15.2. The van der Waals surface area contributed by atoms with Crippen LogP contribution in [-0.4, -0.2) is 43.2 Å². The van der Waals surface area contributed by atoms with E-state index >= 15 is 0 Å². The average Bonchev–Trinajstić information content (AvgIpc) is 3.04. The number of carbonyl (C=O) groups excluding carboxylic acids is 1. The maximum atomic E-state index is 13.8. The predicted octanol–water partition coefficient (Wildman–Crippen LogP) is 7.77. The molecule has 0 fully saturated rings. The van der Waals surface area contributed by atoms with Crippen LogP contribution in [0.1, 0.15) is 11.1 Å². The molecular formula is C33H24Br2ClN3O6. The largest absolute Gasteiger partial charge is 0.493 e. The highest BCUT2D eigenvalue weighted by molar-refractivity contribution is 9.11. The summed E-state index contributed by atoms with van der Waals surface area (Å²) < 4.78 is 24.6. The SMILES string of the molecule is COc1cc(-c2nc3ccccc3c(=O)n2N=Cc2cc(Br)cc(Br)c2OC(=O)/C=C/c2ccc(Cl)cc2)cc(OC)c1OC. The van der Waals surface area contributed by atoms with E-state index in [9.17, 15) is 9.59 Å². The fourth-order valence-corrected chi connectivity index (χ4v) is 5.87. The predicted molar refractivity (Wildman–Crippen MR) is 182 cm³/mol. The average molecular weight is 754 g/mol. The molecule has 5 rings (SSSR count). The lowest BCUT2D eigenvalue weighted by molar-refractivity contribution is -0.128. The number of hydrogen-bond acceptors (Lipinski definition) is 8. The maximum Gasteiger partial charge on any atom is 0.336 e. The van der Waals surface area contributed by atoms with Crippen LogP contribution >= 0.6 is 43.5 Å². The van der Waals surface area contributed by atoms with E-state index in [0.29, 0.717) is 53.2 Å². The molecule has 1 heterocycles. The van der Waals surface area contributed by atoms with Crippen molar-refractivity contribution in [1.29, 1.82) is 0 Å². The van der Waals surface area contributed by atoms with Crippen molar-refractivity contribution < 1.29 is 23.7 Å².